The molecule has 1 fully saturated rings. The predicted octanol–water partition coefficient (Wildman–Crippen LogP) is 3.62. The molecule has 15 heavy (non-hydrogen) atoms. The average molecular weight is 267 g/mol. The quantitative estimate of drug-likeness (QED) is 0.605. The van der Waals surface area contributed by atoms with Crippen LogP contribution in [0.4, 0.5) is 0 Å². The van der Waals surface area contributed by atoms with Gasteiger partial charge < -0.3 is 4.84 Å². The summed E-state index contributed by atoms with van der Waals surface area (Å²) >= 11 is 3.38. The van der Waals surface area contributed by atoms with Gasteiger partial charge in [0.05, 0.1) is 0 Å². The van der Waals surface area contributed by atoms with Gasteiger partial charge in [0.15, 0.2) is 0 Å². The fourth-order valence-corrected chi connectivity index (χ4v) is 1.94. The van der Waals surface area contributed by atoms with Crippen LogP contribution >= 0.6 is 15.9 Å². The largest absolute Gasteiger partial charge is 0.392 e. The Kier molecular flexibility index (Phi) is 3.78. The summed E-state index contributed by atoms with van der Waals surface area (Å²) in [5, 5.41) is 3.89. The normalized spacial score (nSPS) is 17.4. The molecule has 0 atom stereocenters. The topological polar surface area (TPSA) is 21.6 Å². The fourth-order valence-electron chi connectivity index (χ4n) is 1.67. The van der Waals surface area contributed by atoms with Crippen molar-refractivity contribution in [2.75, 3.05) is 0 Å². The summed E-state index contributed by atoms with van der Waals surface area (Å²) in [6.07, 6.45) is 7.98. The summed E-state index contributed by atoms with van der Waals surface area (Å²) in [6.45, 7) is 0. The zero-order valence-electron chi connectivity index (χ0n) is 8.45. The van der Waals surface area contributed by atoms with E-state index in [1.807, 2.05) is 24.3 Å². The summed E-state index contributed by atoms with van der Waals surface area (Å²) in [6, 6.07) is 7.83. The first-order valence-corrected chi connectivity index (χ1v) is 6.01. The highest BCUT2D eigenvalue weighted by molar-refractivity contribution is 9.10. The van der Waals surface area contributed by atoms with Gasteiger partial charge in [-0.2, -0.15) is 0 Å². The molecule has 0 spiro atoms. The van der Waals surface area contributed by atoms with Gasteiger partial charge in [-0.05, 0) is 37.8 Å². The Morgan fingerprint density at radius 1 is 1.20 bits per heavy atom. The van der Waals surface area contributed by atoms with E-state index in [-0.39, 0.29) is 0 Å². The van der Waals surface area contributed by atoms with E-state index in [0.717, 1.165) is 22.9 Å². The highest BCUT2D eigenvalue weighted by Crippen LogP contribution is 2.20. The third-order valence-corrected chi connectivity index (χ3v) is 3.05. The lowest BCUT2D eigenvalue weighted by Crippen LogP contribution is -2.02. The van der Waals surface area contributed by atoms with Gasteiger partial charge >= 0.3 is 0 Å². The molecular formula is C12H13BrNO. The van der Waals surface area contributed by atoms with Crippen LogP contribution in [0.25, 0.3) is 0 Å². The monoisotopic (exact) mass is 266 g/mol. The Hall–Kier alpha value is -0.830. The van der Waals surface area contributed by atoms with Crippen molar-refractivity contribution in [1.29, 1.82) is 0 Å². The van der Waals surface area contributed by atoms with E-state index in [2.05, 4.69) is 27.3 Å². The minimum atomic E-state index is 0.313. The van der Waals surface area contributed by atoms with E-state index < -0.39 is 0 Å². The van der Waals surface area contributed by atoms with Crippen molar-refractivity contribution < 1.29 is 4.84 Å². The molecule has 3 heteroatoms. The third kappa shape index (κ3) is 3.34. The Bertz CT molecular complexity index is 328. The first-order valence-electron chi connectivity index (χ1n) is 5.22. The van der Waals surface area contributed by atoms with Crippen LogP contribution in [0.15, 0.2) is 33.9 Å². The Labute approximate surface area is 98.4 Å². The molecule has 1 aromatic rings. The molecule has 1 radical (unpaired) electrons. The first kappa shape index (κ1) is 10.7. The second-order valence-corrected chi connectivity index (χ2v) is 4.64. The van der Waals surface area contributed by atoms with Gasteiger partial charge in [-0.1, -0.05) is 33.2 Å². The molecule has 79 valence electrons. The van der Waals surface area contributed by atoms with Crippen LogP contribution in [0.5, 0.6) is 0 Å². The van der Waals surface area contributed by atoms with E-state index >= 15 is 0 Å². The van der Waals surface area contributed by atoms with Gasteiger partial charge in [0.1, 0.15) is 12.3 Å². The summed E-state index contributed by atoms with van der Waals surface area (Å²) < 4.78 is 1.06. The SMILES string of the molecule is Brc1ccc(/[C]=N/OC2CCCC2)cc1. The molecule has 2 rings (SSSR count). The van der Waals surface area contributed by atoms with Gasteiger partial charge in [0, 0.05) is 10.0 Å². The van der Waals surface area contributed by atoms with Crippen LogP contribution in [0.1, 0.15) is 31.2 Å². The highest BCUT2D eigenvalue weighted by atomic mass is 79.9. The molecule has 0 aromatic heterocycles. The molecule has 1 aliphatic carbocycles. The lowest BCUT2D eigenvalue weighted by atomic mass is 10.2. The lowest BCUT2D eigenvalue weighted by Gasteiger charge is -2.04. The third-order valence-electron chi connectivity index (χ3n) is 2.52. The molecule has 1 saturated carbocycles. The second-order valence-electron chi connectivity index (χ2n) is 3.72. The molecule has 2 nitrogen and oxygen atoms in total. The maximum absolute atomic E-state index is 5.34. The molecule has 0 saturated heterocycles. The molecular weight excluding hydrogens is 254 g/mol. The maximum Gasteiger partial charge on any atom is 0.139 e. The zero-order valence-corrected chi connectivity index (χ0v) is 10.0. The van der Waals surface area contributed by atoms with Crippen molar-refractivity contribution in [3.8, 4) is 0 Å². The maximum atomic E-state index is 5.34. The van der Waals surface area contributed by atoms with Gasteiger partial charge in [0.2, 0.25) is 0 Å². The molecule has 0 amide bonds. The van der Waals surface area contributed by atoms with Crippen LogP contribution in [0.2, 0.25) is 0 Å². The number of hydrogen-bond acceptors (Lipinski definition) is 2. The van der Waals surface area contributed by atoms with E-state index in [1.54, 1.807) is 0 Å². The summed E-state index contributed by atoms with van der Waals surface area (Å²) in [4.78, 5) is 5.34. The highest BCUT2D eigenvalue weighted by Gasteiger charge is 2.15. The smallest absolute Gasteiger partial charge is 0.139 e. The minimum Gasteiger partial charge on any atom is -0.392 e. The van der Waals surface area contributed by atoms with E-state index in [9.17, 15) is 0 Å². The van der Waals surface area contributed by atoms with Crippen molar-refractivity contribution in [2.24, 2.45) is 5.16 Å². The number of rotatable bonds is 3. The van der Waals surface area contributed by atoms with Gasteiger partial charge in [-0.3, -0.25) is 0 Å². The lowest BCUT2D eigenvalue weighted by molar-refractivity contribution is 0.0657. The molecule has 0 bridgehead atoms. The fraction of sp³-hybridized carbons (Fsp3) is 0.417. The number of hydrogen-bond donors (Lipinski definition) is 0. The molecule has 0 unspecified atom stereocenters. The van der Waals surface area contributed by atoms with Crippen molar-refractivity contribution in [2.45, 2.75) is 31.8 Å². The van der Waals surface area contributed by atoms with Crippen molar-refractivity contribution in [1.82, 2.24) is 0 Å². The van der Waals surface area contributed by atoms with Gasteiger partial charge in [-0.25, -0.2) is 0 Å². The van der Waals surface area contributed by atoms with Crippen molar-refractivity contribution in [3.63, 3.8) is 0 Å². The Morgan fingerprint density at radius 3 is 2.53 bits per heavy atom. The van der Waals surface area contributed by atoms with Crippen LogP contribution < -0.4 is 0 Å². The van der Waals surface area contributed by atoms with Crippen LogP contribution in [-0.4, -0.2) is 12.3 Å². The van der Waals surface area contributed by atoms with E-state index in [4.69, 9.17) is 4.84 Å². The standard InChI is InChI=1S/C12H13BrNO/c13-11-7-5-10(6-8-11)9-14-15-12-3-1-2-4-12/h5-8,12H,1-4H2. The predicted molar refractivity (Wildman–Crippen MR) is 64.0 cm³/mol. The Balaban J connectivity index is 1.85. The van der Waals surface area contributed by atoms with Crippen molar-refractivity contribution >= 4 is 22.1 Å². The van der Waals surface area contributed by atoms with Gasteiger partial charge in [-0.15, -0.1) is 0 Å². The molecule has 1 aromatic carbocycles. The number of nitrogens with zero attached hydrogens (tertiary/aromatic N) is 1. The zero-order chi connectivity index (χ0) is 10.5. The minimum absolute atomic E-state index is 0.313. The van der Waals surface area contributed by atoms with Crippen LogP contribution in [-0.2, 0) is 4.84 Å². The van der Waals surface area contributed by atoms with E-state index in [0.29, 0.717) is 6.10 Å². The molecule has 0 heterocycles. The summed E-state index contributed by atoms with van der Waals surface area (Å²) in [7, 11) is 0. The molecule has 0 N–H and O–H groups in total. The van der Waals surface area contributed by atoms with Crippen LogP contribution in [0.3, 0.4) is 0 Å². The van der Waals surface area contributed by atoms with Gasteiger partial charge in [0.25, 0.3) is 0 Å². The second kappa shape index (κ2) is 5.31. The van der Waals surface area contributed by atoms with E-state index in [1.165, 1.54) is 12.8 Å². The number of benzene rings is 1. The number of halogens is 1. The molecule has 0 aliphatic heterocycles. The average Bonchev–Trinajstić information content (AvgIpc) is 2.74. The molecule has 1 aliphatic rings. The Morgan fingerprint density at radius 2 is 1.87 bits per heavy atom. The first-order chi connectivity index (χ1) is 7.34. The van der Waals surface area contributed by atoms with Crippen LogP contribution in [0, 0.1) is 0 Å². The summed E-state index contributed by atoms with van der Waals surface area (Å²) in [5.74, 6) is 0. The summed E-state index contributed by atoms with van der Waals surface area (Å²) in [5.41, 5.74) is 0.941. The van der Waals surface area contributed by atoms with Crippen molar-refractivity contribution in [3.05, 3.63) is 34.3 Å².